The van der Waals surface area contributed by atoms with Crippen molar-refractivity contribution in [2.75, 3.05) is 0 Å². The van der Waals surface area contributed by atoms with Gasteiger partial charge in [-0.1, -0.05) is 0 Å². The molecule has 4 heterocycles. The van der Waals surface area contributed by atoms with Gasteiger partial charge in [0.05, 0.1) is 62.9 Å². The minimum absolute atomic E-state index is 0.00569. The van der Waals surface area contributed by atoms with Crippen LogP contribution in [0.5, 0.6) is 0 Å². The minimum Gasteiger partial charge on any atom is -0.325 e. The fourth-order valence-corrected chi connectivity index (χ4v) is 6.27. The average Bonchev–Trinajstić information content (AvgIpc) is 4.11. The van der Waals surface area contributed by atoms with Crippen LogP contribution in [0.1, 0.15) is 76.8 Å². The second-order valence-corrected chi connectivity index (χ2v) is 19.6. The molecule has 0 aliphatic heterocycles. The first-order valence-corrected chi connectivity index (χ1v) is 21.8. The first kappa shape index (κ1) is 42.0. The Kier molecular flexibility index (Phi) is 12.3. The summed E-state index contributed by atoms with van der Waals surface area (Å²) in [5.74, 6) is -2.45. The van der Waals surface area contributed by atoms with Crippen molar-refractivity contribution in [2.24, 2.45) is 5.73 Å². The predicted molar refractivity (Wildman–Crippen MR) is 207 cm³/mol. The van der Waals surface area contributed by atoms with Gasteiger partial charge >= 0.3 is 0 Å². The molecule has 3 N–H and O–H groups in total. The van der Waals surface area contributed by atoms with Gasteiger partial charge in [-0.3, -0.25) is 0 Å². The Morgan fingerprint density at radius 3 is 1.49 bits per heavy atom. The van der Waals surface area contributed by atoms with E-state index in [1.54, 1.807) is 32.2 Å². The number of halogens is 5. The average molecular weight is 851 g/mol. The summed E-state index contributed by atoms with van der Waals surface area (Å²) >= 11 is 0. The van der Waals surface area contributed by atoms with Gasteiger partial charge in [0.2, 0.25) is 19.1 Å². The van der Waals surface area contributed by atoms with Gasteiger partial charge in [-0.2, -0.15) is 20.4 Å². The van der Waals surface area contributed by atoms with Crippen LogP contribution in [0, 0.1) is 23.3 Å². The summed E-state index contributed by atoms with van der Waals surface area (Å²) in [6.07, 6.45) is 6.95. The van der Waals surface area contributed by atoms with E-state index in [9.17, 15) is 34.4 Å². The lowest BCUT2D eigenvalue weighted by Gasteiger charge is -2.10. The summed E-state index contributed by atoms with van der Waals surface area (Å²) in [5.41, 5.74) is 9.94. The van der Waals surface area contributed by atoms with Gasteiger partial charge in [0.15, 0.2) is 23.3 Å². The number of imidazole rings is 2. The summed E-state index contributed by atoms with van der Waals surface area (Å²) in [5, 5.41) is 14.7. The van der Waals surface area contributed by atoms with E-state index in [0.717, 1.165) is 49.4 Å². The van der Waals surface area contributed by atoms with E-state index in [2.05, 4.69) is 35.1 Å². The van der Waals surface area contributed by atoms with E-state index in [1.807, 2.05) is 9.13 Å². The van der Waals surface area contributed by atoms with E-state index in [-0.39, 0.29) is 25.2 Å². The third kappa shape index (κ3) is 9.74. The predicted octanol–water partition coefficient (Wildman–Crippen LogP) is 6.46. The van der Waals surface area contributed by atoms with Crippen LogP contribution in [0.25, 0.3) is 44.8 Å². The normalized spacial score (nSPS) is 14.5. The summed E-state index contributed by atoms with van der Waals surface area (Å²) in [6.45, 7) is 6.49. The van der Waals surface area contributed by atoms with Gasteiger partial charge in [-0.15, -0.1) is 0 Å². The maximum Gasteiger partial charge on any atom is 0.234 e. The Morgan fingerprint density at radius 2 is 1.11 bits per heavy atom. The van der Waals surface area contributed by atoms with Crippen LogP contribution in [0.15, 0.2) is 48.8 Å². The first-order chi connectivity index (χ1) is 26.9. The molecular formula is C36H39ClF4N10O4S2. The number of fused-ring (bicyclic) bond motifs is 2. The van der Waals surface area contributed by atoms with Gasteiger partial charge in [0.25, 0.3) is 0 Å². The van der Waals surface area contributed by atoms with Crippen LogP contribution >= 0.6 is 10.7 Å². The molecule has 14 nitrogen and oxygen atoms in total. The van der Waals surface area contributed by atoms with E-state index in [1.165, 1.54) is 26.1 Å². The van der Waals surface area contributed by atoms with Crippen molar-refractivity contribution in [1.29, 1.82) is 0 Å². The smallest absolute Gasteiger partial charge is 0.234 e. The highest BCUT2D eigenvalue weighted by Gasteiger charge is 2.31. The lowest BCUT2D eigenvalue weighted by atomic mass is 10.2. The number of rotatable bonds is 10. The summed E-state index contributed by atoms with van der Waals surface area (Å²) in [7, 11) is -1.87. The van der Waals surface area contributed by atoms with Crippen LogP contribution < -0.4 is 10.5 Å². The number of hydrogen-bond acceptors (Lipinski definition) is 11. The molecule has 2 aliphatic carbocycles. The molecule has 304 valence electrons. The molecule has 2 aliphatic rings. The number of nitrogens with two attached hydrogens (primary N) is 1. The second-order valence-electron chi connectivity index (χ2n) is 14.1. The Balaban J connectivity index is 0.000000169. The summed E-state index contributed by atoms with van der Waals surface area (Å²) in [6, 6.07) is 8.50. The molecule has 0 atom stereocenters. The van der Waals surface area contributed by atoms with Crippen molar-refractivity contribution in [3.63, 3.8) is 0 Å². The quantitative estimate of drug-likeness (QED) is 0.113. The minimum atomic E-state index is -3.44. The maximum absolute atomic E-state index is 13.8. The molecule has 0 bridgehead atoms. The highest BCUT2D eigenvalue weighted by Crippen LogP contribution is 2.42. The Labute approximate surface area is 330 Å². The van der Waals surface area contributed by atoms with Crippen molar-refractivity contribution >= 4 is 51.8 Å². The number of hydrogen-bond donors (Lipinski definition) is 2. The largest absolute Gasteiger partial charge is 0.325 e. The van der Waals surface area contributed by atoms with Crippen molar-refractivity contribution in [3.8, 4) is 22.8 Å². The molecule has 57 heavy (non-hydrogen) atoms. The summed E-state index contributed by atoms with van der Waals surface area (Å²) in [4.78, 5) is 8.94. The fraction of sp³-hybridized carbons (Fsp3) is 0.389. The number of aromatic nitrogens is 8. The van der Waals surface area contributed by atoms with Crippen molar-refractivity contribution in [2.45, 2.75) is 89.1 Å². The Bertz CT molecular complexity index is 2670. The Hall–Kier alpha value is -4.63. The number of nitrogens with one attached hydrogen (secondary N) is 1. The van der Waals surface area contributed by atoms with Crippen LogP contribution in [-0.2, 0) is 32.2 Å². The molecule has 2 aromatic carbocycles. The third-order valence-corrected chi connectivity index (χ3v) is 13.0. The van der Waals surface area contributed by atoms with E-state index >= 15 is 0 Å². The molecule has 6 aromatic rings. The summed E-state index contributed by atoms with van der Waals surface area (Å²) < 4.78 is 105. The van der Waals surface area contributed by atoms with Gasteiger partial charge < -0.3 is 14.9 Å². The zero-order valence-corrected chi connectivity index (χ0v) is 33.6. The zero-order chi connectivity index (χ0) is 41.4. The van der Waals surface area contributed by atoms with Crippen molar-refractivity contribution < 1.29 is 34.4 Å². The van der Waals surface area contributed by atoms with E-state index in [0.29, 0.717) is 50.7 Å². The number of nitrogens with zero attached hydrogens (tertiary/aromatic N) is 8. The molecule has 4 aromatic heterocycles. The van der Waals surface area contributed by atoms with Crippen molar-refractivity contribution in [1.82, 2.24) is 44.2 Å². The van der Waals surface area contributed by atoms with Crippen molar-refractivity contribution in [3.05, 3.63) is 83.4 Å². The molecule has 0 radical (unpaired) electrons. The highest BCUT2D eigenvalue weighted by molar-refractivity contribution is 8.14. The van der Waals surface area contributed by atoms with Gasteiger partial charge in [0, 0.05) is 64.7 Å². The third-order valence-electron chi connectivity index (χ3n) is 9.06. The molecule has 0 spiro atoms. The Morgan fingerprint density at radius 1 is 0.702 bits per heavy atom. The number of sulfonamides is 1. The second kappa shape index (κ2) is 16.7. The van der Waals surface area contributed by atoms with Crippen LogP contribution in [-0.4, -0.2) is 66.8 Å². The molecule has 8 rings (SSSR count). The molecule has 21 heteroatoms. The van der Waals surface area contributed by atoms with Gasteiger partial charge in [-0.25, -0.2) is 49.1 Å². The molecule has 0 saturated heterocycles. The lowest BCUT2D eigenvalue weighted by molar-refractivity contribution is 0.510. The van der Waals surface area contributed by atoms with Gasteiger partial charge in [-0.05, 0) is 65.5 Å². The fourth-order valence-electron chi connectivity index (χ4n) is 5.59. The zero-order valence-electron chi connectivity index (χ0n) is 31.2. The lowest BCUT2D eigenvalue weighted by Crippen LogP contribution is -2.30. The van der Waals surface area contributed by atoms with E-state index < -0.39 is 52.8 Å². The van der Waals surface area contributed by atoms with Crippen LogP contribution in [0.3, 0.4) is 0 Å². The van der Waals surface area contributed by atoms with E-state index in [4.69, 9.17) is 16.4 Å². The molecule has 2 saturated carbocycles. The standard InChI is InChI=1S/C18H19F2N5O2S.C15H13F2N5.C3H7ClO2S/c1-10(2)28(26,27)22-9-12-5-11(8-21-24-12)18-23-16-6-14(19)15(20)7-17(16)25(18)13-3-4-13;16-11-4-13-14(5-12(11)17)22(10-1-2-10)15(20-13)8-3-9(6-18)21-19-7-8;1-3(2)7(4,5)6/h5-8,10,13,22H,3-4,9H2,1-2H3;3-5,7,10H,1-2,6,18H2;3H,1-2H3. The molecule has 0 amide bonds. The first-order valence-electron chi connectivity index (χ1n) is 17.9. The van der Waals surface area contributed by atoms with Gasteiger partial charge in [0.1, 0.15) is 11.6 Å². The molecule has 2 fully saturated rings. The maximum atomic E-state index is 13.8. The SMILES string of the molecule is CC(C)S(=O)(=O)Cl.CC(C)S(=O)(=O)NCc1cc(-c2nc3cc(F)c(F)cc3n2C2CC2)cnn1.NCc1cc(-c2nc3cc(F)c(F)cc3n2C2CC2)cnn1. The van der Waals surface area contributed by atoms with Crippen LogP contribution in [0.2, 0.25) is 0 Å². The van der Waals surface area contributed by atoms with Crippen LogP contribution in [0.4, 0.5) is 17.6 Å². The monoisotopic (exact) mass is 850 g/mol. The topological polar surface area (TPSA) is 194 Å². The highest BCUT2D eigenvalue weighted by atomic mass is 35.7. The number of benzene rings is 2. The molecular weight excluding hydrogens is 812 g/mol. The molecule has 0 unspecified atom stereocenters.